The summed E-state index contributed by atoms with van der Waals surface area (Å²) in [5.74, 6) is 0. The lowest BCUT2D eigenvalue weighted by atomic mass is 9.97. The van der Waals surface area contributed by atoms with Crippen LogP contribution < -0.4 is 20.7 Å². The van der Waals surface area contributed by atoms with Gasteiger partial charge >= 0.3 is 0 Å². The van der Waals surface area contributed by atoms with Crippen molar-refractivity contribution in [2.24, 2.45) is 0 Å². The second kappa shape index (κ2) is 15.0. The van der Waals surface area contributed by atoms with Gasteiger partial charge in [0, 0.05) is 21.9 Å². The molecule has 11 aromatic rings. The smallest absolute Gasteiger partial charge is 0.179 e. The van der Waals surface area contributed by atoms with Gasteiger partial charge in [0.05, 0.1) is 16.9 Å². The van der Waals surface area contributed by atoms with Crippen LogP contribution in [0.4, 0.5) is 0 Å². The van der Waals surface area contributed by atoms with Crippen LogP contribution >= 0.6 is 0 Å². The average molecular weight is 781 g/mol. The summed E-state index contributed by atoms with van der Waals surface area (Å²) < 4.78 is 2.37. The minimum Gasteiger partial charge on any atom is -0.291 e. The molecule has 2 nitrogen and oxygen atoms in total. The molecular weight excluding hydrogens is 741 g/mol. The molecule has 0 atom stereocenters. The number of imidazole rings is 1. The highest BCUT2D eigenvalue weighted by molar-refractivity contribution is 7.19. The number of aromatic nitrogens is 2. The van der Waals surface area contributed by atoms with E-state index >= 15 is 0 Å². The quantitative estimate of drug-likeness (QED) is 0.0853. The van der Waals surface area contributed by atoms with E-state index in [0.717, 1.165) is 39.1 Å². The Labute approximate surface area is 351 Å². The number of hydrogen-bond donors (Lipinski definition) is 0. The zero-order chi connectivity index (χ0) is 39.9. The van der Waals surface area contributed by atoms with E-state index in [1.54, 1.807) is 0 Å². The van der Waals surface area contributed by atoms with E-state index in [0.29, 0.717) is 0 Å². The molecule has 282 valence electrons. The van der Waals surface area contributed by atoms with Crippen molar-refractivity contribution in [1.82, 2.24) is 9.38 Å². The highest BCUT2D eigenvalue weighted by atomic mass is 28.3. The summed E-state index contributed by atoms with van der Waals surface area (Å²) in [6.07, 6.45) is 0. The monoisotopic (exact) mass is 780 g/mol. The summed E-state index contributed by atoms with van der Waals surface area (Å²) in [6.45, 7) is 0. The Hall–Kier alpha value is -7.59. The number of nitrogens with zero attached hydrogens (tertiary/aromatic N) is 2. The molecule has 0 radical (unpaired) electrons. The zero-order valence-electron chi connectivity index (χ0n) is 33.0. The third-order valence-electron chi connectivity index (χ3n) is 12.2. The summed E-state index contributed by atoms with van der Waals surface area (Å²) in [5, 5.41) is 9.04. The largest absolute Gasteiger partial charge is 0.291 e. The molecule has 0 aliphatic carbocycles. The highest BCUT2D eigenvalue weighted by Crippen LogP contribution is 2.40. The molecule has 2 heterocycles. The SMILES string of the molecule is c1ccc(-c2nc3c4ccccc4c4cc(-c5ccc(-c6ccc([Si](c7ccccc7)(c7ccccc7)c7ccccc7)cc6)cc5)ccc4n3c2-c2ccccc2)cc1. The molecule has 0 aliphatic rings. The third kappa shape index (κ3) is 5.90. The van der Waals surface area contributed by atoms with Gasteiger partial charge < -0.3 is 0 Å². The van der Waals surface area contributed by atoms with Gasteiger partial charge in [-0.25, -0.2) is 4.98 Å². The predicted octanol–water partition coefficient (Wildman–Crippen LogP) is 11.7. The number of hydrogen-bond acceptors (Lipinski definition) is 1. The molecule has 0 aliphatic heterocycles. The van der Waals surface area contributed by atoms with Gasteiger partial charge in [-0.2, -0.15) is 0 Å². The Morgan fingerprint density at radius 3 is 1.23 bits per heavy atom. The molecule has 11 rings (SSSR count). The summed E-state index contributed by atoms with van der Waals surface area (Å²) in [7, 11) is -2.58. The van der Waals surface area contributed by atoms with Crippen LogP contribution in [0.25, 0.3) is 72.1 Å². The molecule has 0 saturated heterocycles. The van der Waals surface area contributed by atoms with E-state index in [2.05, 4.69) is 247 Å². The van der Waals surface area contributed by atoms with Gasteiger partial charge in [-0.05, 0) is 60.5 Å². The second-order valence-corrected chi connectivity index (χ2v) is 19.3. The first-order valence-corrected chi connectivity index (χ1v) is 22.6. The van der Waals surface area contributed by atoms with Crippen molar-refractivity contribution >= 4 is 56.1 Å². The maximum absolute atomic E-state index is 5.39. The molecule has 0 spiro atoms. The average Bonchev–Trinajstić information content (AvgIpc) is 3.75. The first-order valence-electron chi connectivity index (χ1n) is 20.6. The van der Waals surface area contributed by atoms with Crippen LogP contribution in [0, 0.1) is 0 Å². The van der Waals surface area contributed by atoms with Crippen LogP contribution in [-0.4, -0.2) is 17.5 Å². The highest BCUT2D eigenvalue weighted by Gasteiger charge is 2.41. The van der Waals surface area contributed by atoms with Crippen molar-refractivity contribution in [2.75, 3.05) is 0 Å². The first kappa shape index (κ1) is 35.6. The molecule has 9 aromatic carbocycles. The van der Waals surface area contributed by atoms with Gasteiger partial charge in [0.1, 0.15) is 5.65 Å². The lowest BCUT2D eigenvalue weighted by Gasteiger charge is -2.34. The second-order valence-electron chi connectivity index (χ2n) is 15.5. The Morgan fingerprint density at radius 2 is 0.700 bits per heavy atom. The summed E-state index contributed by atoms with van der Waals surface area (Å²) in [5.41, 5.74) is 11.2. The molecule has 3 heteroatoms. The zero-order valence-corrected chi connectivity index (χ0v) is 34.0. The Bertz CT molecular complexity index is 3160. The molecule has 0 amide bonds. The minimum atomic E-state index is -2.58. The summed E-state index contributed by atoms with van der Waals surface area (Å²) in [6, 6.07) is 88.6. The van der Waals surface area contributed by atoms with E-state index in [1.807, 2.05) is 0 Å². The van der Waals surface area contributed by atoms with E-state index < -0.39 is 8.07 Å². The van der Waals surface area contributed by atoms with E-state index in [-0.39, 0.29) is 0 Å². The van der Waals surface area contributed by atoms with Gasteiger partial charge in [-0.1, -0.05) is 231 Å². The van der Waals surface area contributed by atoms with Crippen LogP contribution in [0.1, 0.15) is 0 Å². The van der Waals surface area contributed by atoms with Crippen molar-refractivity contribution in [3.8, 4) is 44.8 Å². The van der Waals surface area contributed by atoms with E-state index in [9.17, 15) is 0 Å². The van der Waals surface area contributed by atoms with Crippen molar-refractivity contribution in [2.45, 2.75) is 0 Å². The molecular formula is C57H40N2Si. The maximum Gasteiger partial charge on any atom is 0.179 e. The minimum absolute atomic E-state index is 0.968. The van der Waals surface area contributed by atoms with Crippen LogP contribution in [0.3, 0.4) is 0 Å². The van der Waals surface area contributed by atoms with Crippen molar-refractivity contribution in [3.63, 3.8) is 0 Å². The fourth-order valence-electron chi connectivity index (χ4n) is 9.37. The lowest BCUT2D eigenvalue weighted by molar-refractivity contribution is 1.27. The van der Waals surface area contributed by atoms with E-state index in [1.165, 1.54) is 53.8 Å². The predicted molar refractivity (Wildman–Crippen MR) is 256 cm³/mol. The van der Waals surface area contributed by atoms with Crippen LogP contribution in [0.5, 0.6) is 0 Å². The normalized spacial score (nSPS) is 11.7. The maximum atomic E-state index is 5.39. The van der Waals surface area contributed by atoms with Gasteiger partial charge in [0.25, 0.3) is 0 Å². The fraction of sp³-hybridized carbons (Fsp3) is 0. The van der Waals surface area contributed by atoms with Gasteiger partial charge in [-0.3, -0.25) is 4.40 Å². The number of rotatable bonds is 8. The van der Waals surface area contributed by atoms with Crippen LogP contribution in [0.15, 0.2) is 243 Å². The number of benzene rings is 9. The lowest BCUT2D eigenvalue weighted by Crippen LogP contribution is -2.74. The van der Waals surface area contributed by atoms with Gasteiger partial charge in [-0.15, -0.1) is 0 Å². The topological polar surface area (TPSA) is 17.3 Å². The first-order chi connectivity index (χ1) is 29.8. The fourth-order valence-corrected chi connectivity index (χ4v) is 14.1. The summed E-state index contributed by atoms with van der Waals surface area (Å²) in [4.78, 5) is 5.39. The van der Waals surface area contributed by atoms with Gasteiger partial charge in [0.15, 0.2) is 8.07 Å². The van der Waals surface area contributed by atoms with Crippen molar-refractivity contribution in [1.29, 1.82) is 0 Å². The van der Waals surface area contributed by atoms with E-state index in [4.69, 9.17) is 4.98 Å². The van der Waals surface area contributed by atoms with Crippen LogP contribution in [-0.2, 0) is 0 Å². The molecule has 0 bridgehead atoms. The Balaban J connectivity index is 1.01. The molecule has 0 fully saturated rings. The standard InChI is InChI=1S/C57H40N2Si/c1-6-18-44(19-7-1)55-56(45-20-8-2-9-21-45)59-54-39-36-46(40-53(54)51-28-16-17-29-52(51)57(59)58-55)43-32-30-41(31-33-43)42-34-37-50(38-35-42)60(47-22-10-3-11-23-47,48-24-12-4-13-25-48)49-26-14-5-15-27-49/h1-40H. The summed E-state index contributed by atoms with van der Waals surface area (Å²) >= 11 is 0. The Morgan fingerprint density at radius 1 is 0.300 bits per heavy atom. The molecule has 2 aromatic heterocycles. The molecule has 0 N–H and O–H groups in total. The van der Waals surface area contributed by atoms with Gasteiger partial charge in [0.2, 0.25) is 0 Å². The van der Waals surface area contributed by atoms with Crippen LogP contribution in [0.2, 0.25) is 0 Å². The number of fused-ring (bicyclic) bond motifs is 6. The van der Waals surface area contributed by atoms with Crippen molar-refractivity contribution < 1.29 is 0 Å². The number of pyridine rings is 1. The molecule has 60 heavy (non-hydrogen) atoms. The molecule has 0 unspecified atom stereocenters. The van der Waals surface area contributed by atoms with Crippen molar-refractivity contribution in [3.05, 3.63) is 243 Å². The molecule has 0 saturated carbocycles. The Kier molecular flexibility index (Phi) is 8.87. The third-order valence-corrected chi connectivity index (χ3v) is 17.0.